The largest absolute Gasteiger partial charge is 0.493 e. The lowest BCUT2D eigenvalue weighted by molar-refractivity contribution is 0.0951. The smallest absolute Gasteiger partial charge is 0.251 e. The molecule has 1 amide bonds. The molecule has 0 aliphatic rings. The predicted molar refractivity (Wildman–Crippen MR) is 126 cm³/mol. The molecule has 1 heterocycles. The van der Waals surface area contributed by atoms with E-state index in [1.54, 1.807) is 25.3 Å². The van der Waals surface area contributed by atoms with Crippen LogP contribution < -0.4 is 14.8 Å². The highest BCUT2D eigenvalue weighted by molar-refractivity contribution is 9.10. The lowest BCUT2D eigenvalue weighted by Gasteiger charge is -2.10. The molecule has 0 radical (unpaired) electrons. The molecule has 6 nitrogen and oxygen atoms in total. The van der Waals surface area contributed by atoms with Crippen LogP contribution in [0.25, 0.3) is 11.3 Å². The van der Waals surface area contributed by atoms with Crippen molar-refractivity contribution in [2.75, 3.05) is 7.11 Å². The SMILES string of the molecule is COc1ccccc1Oc1cc(-c2ccc(C(=O)NCc3ccc(Br)cc3)cc2)ncn1. The summed E-state index contributed by atoms with van der Waals surface area (Å²) in [5.41, 5.74) is 3.14. The zero-order chi connectivity index (χ0) is 22.3. The Bertz CT molecular complexity index is 1210. The van der Waals surface area contributed by atoms with Crippen molar-refractivity contribution in [2.45, 2.75) is 6.54 Å². The molecule has 4 rings (SSSR count). The van der Waals surface area contributed by atoms with Gasteiger partial charge in [0.05, 0.1) is 12.8 Å². The van der Waals surface area contributed by atoms with E-state index >= 15 is 0 Å². The second kappa shape index (κ2) is 10.1. The second-order valence-electron chi connectivity index (χ2n) is 6.88. The Morgan fingerprint density at radius 1 is 0.938 bits per heavy atom. The van der Waals surface area contributed by atoms with Crippen molar-refractivity contribution >= 4 is 21.8 Å². The zero-order valence-corrected chi connectivity index (χ0v) is 18.9. The van der Waals surface area contributed by atoms with Crippen LogP contribution in [0.4, 0.5) is 0 Å². The van der Waals surface area contributed by atoms with Crippen molar-refractivity contribution < 1.29 is 14.3 Å². The number of hydrogen-bond acceptors (Lipinski definition) is 5. The number of carbonyl (C=O) groups excluding carboxylic acids is 1. The van der Waals surface area contributed by atoms with Gasteiger partial charge in [-0.15, -0.1) is 0 Å². The first kappa shape index (κ1) is 21.5. The Morgan fingerprint density at radius 2 is 1.66 bits per heavy atom. The van der Waals surface area contributed by atoms with Gasteiger partial charge in [0.1, 0.15) is 6.33 Å². The molecule has 4 aromatic rings. The molecule has 1 N–H and O–H groups in total. The molecule has 160 valence electrons. The number of carbonyl (C=O) groups is 1. The first-order valence-electron chi connectivity index (χ1n) is 9.88. The molecule has 1 aromatic heterocycles. The van der Waals surface area contributed by atoms with Gasteiger partial charge >= 0.3 is 0 Å². The third-order valence-corrected chi connectivity index (χ3v) is 5.26. The van der Waals surface area contributed by atoms with Crippen molar-refractivity contribution in [1.29, 1.82) is 0 Å². The topological polar surface area (TPSA) is 73.3 Å². The fourth-order valence-electron chi connectivity index (χ4n) is 3.05. The van der Waals surface area contributed by atoms with E-state index in [1.165, 1.54) is 6.33 Å². The Labute approximate surface area is 194 Å². The Morgan fingerprint density at radius 3 is 2.38 bits per heavy atom. The number of methoxy groups -OCH3 is 1. The highest BCUT2D eigenvalue weighted by Crippen LogP contribution is 2.31. The third-order valence-electron chi connectivity index (χ3n) is 4.73. The van der Waals surface area contributed by atoms with Gasteiger partial charge < -0.3 is 14.8 Å². The predicted octanol–water partition coefficient (Wildman–Crippen LogP) is 5.64. The van der Waals surface area contributed by atoms with Gasteiger partial charge in [-0.05, 0) is 42.0 Å². The number of benzene rings is 3. The van der Waals surface area contributed by atoms with Crippen LogP contribution in [0.2, 0.25) is 0 Å². The molecule has 7 heteroatoms. The first-order valence-corrected chi connectivity index (χ1v) is 10.7. The monoisotopic (exact) mass is 489 g/mol. The van der Waals surface area contributed by atoms with Gasteiger partial charge in [0.15, 0.2) is 11.5 Å². The summed E-state index contributed by atoms with van der Waals surface area (Å²) in [7, 11) is 1.59. The summed E-state index contributed by atoms with van der Waals surface area (Å²) < 4.78 is 12.2. The van der Waals surface area contributed by atoms with E-state index in [1.807, 2.05) is 60.7 Å². The van der Waals surface area contributed by atoms with Crippen LogP contribution in [-0.2, 0) is 6.54 Å². The highest BCUT2D eigenvalue weighted by Gasteiger charge is 2.10. The van der Waals surface area contributed by atoms with Gasteiger partial charge in [0.25, 0.3) is 5.91 Å². The number of aromatic nitrogens is 2. The summed E-state index contributed by atoms with van der Waals surface area (Å²) in [5, 5.41) is 2.93. The van der Waals surface area contributed by atoms with E-state index in [2.05, 4.69) is 31.2 Å². The van der Waals surface area contributed by atoms with E-state index in [-0.39, 0.29) is 5.91 Å². The molecule has 0 fully saturated rings. The van der Waals surface area contributed by atoms with Gasteiger partial charge in [-0.1, -0.05) is 52.3 Å². The summed E-state index contributed by atoms with van der Waals surface area (Å²) in [6.07, 6.45) is 1.44. The van der Waals surface area contributed by atoms with Gasteiger partial charge in [-0.3, -0.25) is 4.79 Å². The molecule has 0 bridgehead atoms. The summed E-state index contributed by atoms with van der Waals surface area (Å²) in [5.74, 6) is 1.45. The molecule has 0 aliphatic carbocycles. The van der Waals surface area contributed by atoms with Crippen molar-refractivity contribution in [3.63, 3.8) is 0 Å². The highest BCUT2D eigenvalue weighted by atomic mass is 79.9. The van der Waals surface area contributed by atoms with Crippen LogP contribution in [0.3, 0.4) is 0 Å². The Hall–Kier alpha value is -3.71. The van der Waals surface area contributed by atoms with Crippen LogP contribution in [0.15, 0.2) is 89.7 Å². The zero-order valence-electron chi connectivity index (χ0n) is 17.3. The number of rotatable bonds is 7. The molecule has 32 heavy (non-hydrogen) atoms. The molecule has 0 saturated carbocycles. The maximum absolute atomic E-state index is 12.5. The van der Waals surface area contributed by atoms with Crippen molar-refractivity contribution in [1.82, 2.24) is 15.3 Å². The standard InChI is InChI=1S/C25H20BrN3O3/c1-31-22-4-2-3-5-23(22)32-24-14-21(28-16-29-24)18-8-10-19(11-9-18)25(30)27-15-17-6-12-20(26)13-7-17/h2-14,16H,15H2,1H3,(H,27,30). The average Bonchev–Trinajstić information content (AvgIpc) is 2.84. The van der Waals surface area contributed by atoms with Crippen LogP contribution in [0.5, 0.6) is 17.4 Å². The van der Waals surface area contributed by atoms with Gasteiger partial charge in [0.2, 0.25) is 5.88 Å². The lowest BCUT2D eigenvalue weighted by Crippen LogP contribution is -2.22. The van der Waals surface area contributed by atoms with E-state index in [0.29, 0.717) is 35.2 Å². The van der Waals surface area contributed by atoms with Crippen molar-refractivity contribution in [3.8, 4) is 28.6 Å². The van der Waals surface area contributed by atoms with Gasteiger partial charge in [-0.2, -0.15) is 0 Å². The van der Waals surface area contributed by atoms with Gasteiger partial charge in [0, 0.05) is 28.2 Å². The number of hydrogen-bond donors (Lipinski definition) is 1. The van der Waals surface area contributed by atoms with Crippen LogP contribution in [0.1, 0.15) is 15.9 Å². The average molecular weight is 490 g/mol. The molecular weight excluding hydrogens is 470 g/mol. The van der Waals surface area contributed by atoms with E-state index in [4.69, 9.17) is 9.47 Å². The quantitative estimate of drug-likeness (QED) is 0.363. The maximum Gasteiger partial charge on any atom is 0.251 e. The first-order chi connectivity index (χ1) is 15.6. The molecular formula is C25H20BrN3O3. The minimum atomic E-state index is -0.137. The number of para-hydroxylation sites is 2. The number of nitrogens with one attached hydrogen (secondary N) is 1. The molecule has 0 atom stereocenters. The number of amides is 1. The maximum atomic E-state index is 12.5. The minimum Gasteiger partial charge on any atom is -0.493 e. The molecule has 0 unspecified atom stereocenters. The summed E-state index contributed by atoms with van der Waals surface area (Å²) in [6, 6.07) is 24.2. The summed E-state index contributed by atoms with van der Waals surface area (Å²) >= 11 is 3.41. The summed E-state index contributed by atoms with van der Waals surface area (Å²) in [4.78, 5) is 21.0. The number of nitrogens with zero attached hydrogens (tertiary/aromatic N) is 2. The fourth-order valence-corrected chi connectivity index (χ4v) is 3.31. The van der Waals surface area contributed by atoms with Crippen LogP contribution in [0, 0.1) is 0 Å². The van der Waals surface area contributed by atoms with Gasteiger partial charge in [-0.25, -0.2) is 9.97 Å². The molecule has 0 spiro atoms. The minimum absolute atomic E-state index is 0.137. The number of ether oxygens (including phenoxy) is 2. The Balaban J connectivity index is 1.44. The third kappa shape index (κ3) is 5.31. The second-order valence-corrected chi connectivity index (χ2v) is 7.80. The molecule has 0 saturated heterocycles. The fraction of sp³-hybridized carbons (Fsp3) is 0.0800. The van der Waals surface area contributed by atoms with E-state index in [9.17, 15) is 4.79 Å². The van der Waals surface area contributed by atoms with Crippen molar-refractivity contribution in [3.05, 3.63) is 101 Å². The molecule has 3 aromatic carbocycles. The molecule has 0 aliphatic heterocycles. The van der Waals surface area contributed by atoms with Crippen molar-refractivity contribution in [2.24, 2.45) is 0 Å². The van der Waals surface area contributed by atoms with Crippen LogP contribution >= 0.6 is 15.9 Å². The van der Waals surface area contributed by atoms with Crippen LogP contribution in [-0.4, -0.2) is 23.0 Å². The Kier molecular flexibility index (Phi) is 6.77. The van der Waals surface area contributed by atoms with E-state index in [0.717, 1.165) is 15.6 Å². The van der Waals surface area contributed by atoms with E-state index < -0.39 is 0 Å². The summed E-state index contributed by atoms with van der Waals surface area (Å²) in [6.45, 7) is 0.462. The lowest BCUT2D eigenvalue weighted by atomic mass is 10.1. The normalized spacial score (nSPS) is 10.4. The number of halogens is 1.